The number of ketones is 1. The van der Waals surface area contributed by atoms with Gasteiger partial charge in [-0.3, -0.25) is 4.79 Å². The van der Waals surface area contributed by atoms with Crippen molar-refractivity contribution in [1.29, 1.82) is 0 Å². The molecule has 1 heterocycles. The number of rotatable bonds is 3. The average molecular weight is 214 g/mol. The number of aromatic amines is 1. The van der Waals surface area contributed by atoms with Crippen LogP contribution >= 0.6 is 0 Å². The van der Waals surface area contributed by atoms with Crippen LogP contribution in [0.5, 0.6) is 0 Å². The first kappa shape index (κ1) is 10.6. The van der Waals surface area contributed by atoms with Crippen LogP contribution in [0, 0.1) is 6.92 Å². The fraction of sp³-hybridized carbons (Fsp3) is 0.231. The van der Waals surface area contributed by atoms with Crippen LogP contribution in [-0.2, 0) is 11.2 Å². The third-order valence-electron chi connectivity index (χ3n) is 2.40. The summed E-state index contributed by atoms with van der Waals surface area (Å²) in [5, 5.41) is 0. The van der Waals surface area contributed by atoms with Gasteiger partial charge in [0.05, 0.1) is 12.1 Å². The summed E-state index contributed by atoms with van der Waals surface area (Å²) in [5.74, 6) is 0.859. The quantitative estimate of drug-likeness (QED) is 0.853. The van der Waals surface area contributed by atoms with Crippen LogP contribution in [0.1, 0.15) is 18.4 Å². The average Bonchev–Trinajstić information content (AvgIpc) is 2.60. The standard InChI is InChI=1S/C13H14N2O/c1-9(16)8-12-14-10(2)13(15-12)11-6-4-3-5-7-11/h3-7H,8H2,1-2H3,(H,14,15). The van der Waals surface area contributed by atoms with E-state index >= 15 is 0 Å². The van der Waals surface area contributed by atoms with E-state index in [1.807, 2.05) is 37.3 Å². The summed E-state index contributed by atoms with van der Waals surface area (Å²) < 4.78 is 0. The largest absolute Gasteiger partial charge is 0.345 e. The van der Waals surface area contributed by atoms with Crippen molar-refractivity contribution < 1.29 is 4.79 Å². The molecule has 0 bridgehead atoms. The van der Waals surface area contributed by atoms with Gasteiger partial charge in [-0.15, -0.1) is 0 Å². The maximum atomic E-state index is 11.0. The fourth-order valence-electron chi connectivity index (χ4n) is 1.72. The Labute approximate surface area is 94.5 Å². The lowest BCUT2D eigenvalue weighted by Gasteiger charge is -1.96. The van der Waals surface area contributed by atoms with Crippen molar-refractivity contribution in [2.45, 2.75) is 20.3 Å². The highest BCUT2D eigenvalue weighted by atomic mass is 16.1. The number of H-pyrrole nitrogens is 1. The van der Waals surface area contributed by atoms with Gasteiger partial charge in [0.25, 0.3) is 0 Å². The summed E-state index contributed by atoms with van der Waals surface area (Å²) in [5.41, 5.74) is 3.00. The minimum Gasteiger partial charge on any atom is -0.345 e. The van der Waals surface area contributed by atoms with E-state index < -0.39 is 0 Å². The van der Waals surface area contributed by atoms with E-state index in [4.69, 9.17) is 0 Å². The molecule has 0 saturated heterocycles. The van der Waals surface area contributed by atoms with Crippen LogP contribution in [-0.4, -0.2) is 15.8 Å². The molecular formula is C13H14N2O. The lowest BCUT2D eigenvalue weighted by Crippen LogP contribution is -1.98. The molecule has 0 unspecified atom stereocenters. The first-order valence-electron chi connectivity index (χ1n) is 5.27. The van der Waals surface area contributed by atoms with Gasteiger partial charge in [0.2, 0.25) is 0 Å². The second-order valence-electron chi connectivity index (χ2n) is 3.90. The Kier molecular flexibility index (Phi) is 2.86. The normalized spacial score (nSPS) is 10.4. The molecule has 1 aromatic heterocycles. The summed E-state index contributed by atoms with van der Waals surface area (Å²) in [7, 11) is 0. The van der Waals surface area contributed by atoms with Crippen molar-refractivity contribution in [1.82, 2.24) is 9.97 Å². The van der Waals surface area contributed by atoms with E-state index in [1.165, 1.54) is 0 Å². The van der Waals surface area contributed by atoms with Gasteiger partial charge in [-0.1, -0.05) is 30.3 Å². The van der Waals surface area contributed by atoms with Gasteiger partial charge in [0.15, 0.2) is 0 Å². The Hall–Kier alpha value is -1.90. The summed E-state index contributed by atoms with van der Waals surface area (Å²) in [6.45, 7) is 3.54. The minimum absolute atomic E-state index is 0.119. The molecule has 0 atom stereocenters. The van der Waals surface area contributed by atoms with Crippen molar-refractivity contribution in [3.63, 3.8) is 0 Å². The first-order valence-corrected chi connectivity index (χ1v) is 5.27. The number of hydrogen-bond donors (Lipinski definition) is 1. The zero-order valence-corrected chi connectivity index (χ0v) is 9.45. The molecule has 0 aliphatic rings. The highest BCUT2D eigenvalue weighted by molar-refractivity contribution is 5.77. The molecule has 3 heteroatoms. The number of carbonyl (C=O) groups is 1. The molecule has 16 heavy (non-hydrogen) atoms. The molecule has 2 aromatic rings. The maximum absolute atomic E-state index is 11.0. The molecule has 0 aliphatic carbocycles. The van der Waals surface area contributed by atoms with Crippen LogP contribution in [0.25, 0.3) is 11.3 Å². The number of imidazole rings is 1. The molecule has 82 valence electrons. The zero-order chi connectivity index (χ0) is 11.5. The first-order chi connectivity index (χ1) is 7.66. The van der Waals surface area contributed by atoms with Crippen molar-refractivity contribution in [2.24, 2.45) is 0 Å². The second-order valence-corrected chi connectivity index (χ2v) is 3.90. The van der Waals surface area contributed by atoms with Crippen LogP contribution in [0.3, 0.4) is 0 Å². The van der Waals surface area contributed by atoms with Crippen LogP contribution < -0.4 is 0 Å². The van der Waals surface area contributed by atoms with Gasteiger partial charge in [-0.25, -0.2) is 4.98 Å². The van der Waals surface area contributed by atoms with Crippen molar-refractivity contribution in [3.05, 3.63) is 41.9 Å². The summed E-state index contributed by atoms with van der Waals surface area (Å²) in [6.07, 6.45) is 0.369. The number of nitrogens with zero attached hydrogens (tertiary/aromatic N) is 1. The number of Topliss-reactive ketones (excluding diaryl/α,β-unsaturated/α-hetero) is 1. The van der Waals surface area contributed by atoms with E-state index in [0.29, 0.717) is 6.42 Å². The highest BCUT2D eigenvalue weighted by Gasteiger charge is 2.09. The predicted octanol–water partition coefficient (Wildman–Crippen LogP) is 2.52. The topological polar surface area (TPSA) is 45.8 Å². The third kappa shape index (κ3) is 2.19. The Morgan fingerprint density at radius 1 is 1.31 bits per heavy atom. The molecule has 2 rings (SSSR count). The fourth-order valence-corrected chi connectivity index (χ4v) is 1.72. The van der Waals surface area contributed by atoms with E-state index in [0.717, 1.165) is 22.8 Å². The minimum atomic E-state index is 0.119. The van der Waals surface area contributed by atoms with E-state index in [-0.39, 0.29) is 5.78 Å². The van der Waals surface area contributed by atoms with Gasteiger partial charge in [0, 0.05) is 11.3 Å². The highest BCUT2D eigenvalue weighted by Crippen LogP contribution is 2.20. The molecule has 0 radical (unpaired) electrons. The van der Waals surface area contributed by atoms with Crippen LogP contribution in [0.2, 0.25) is 0 Å². The number of nitrogens with one attached hydrogen (secondary N) is 1. The molecule has 0 fully saturated rings. The van der Waals surface area contributed by atoms with Crippen molar-refractivity contribution in [3.8, 4) is 11.3 Å². The molecule has 1 N–H and O–H groups in total. The summed E-state index contributed by atoms with van der Waals surface area (Å²) in [6, 6.07) is 9.96. The molecule has 0 spiro atoms. The van der Waals surface area contributed by atoms with Crippen molar-refractivity contribution >= 4 is 5.78 Å². The monoisotopic (exact) mass is 214 g/mol. The second kappa shape index (κ2) is 4.31. The van der Waals surface area contributed by atoms with E-state index in [1.54, 1.807) is 6.92 Å². The summed E-state index contributed by atoms with van der Waals surface area (Å²) >= 11 is 0. The molecular weight excluding hydrogens is 200 g/mol. The van der Waals surface area contributed by atoms with Gasteiger partial charge in [0.1, 0.15) is 11.6 Å². The Bertz CT molecular complexity index is 500. The Morgan fingerprint density at radius 2 is 2.00 bits per heavy atom. The number of carbonyl (C=O) groups excluding carboxylic acids is 1. The lowest BCUT2D eigenvalue weighted by atomic mass is 10.1. The van der Waals surface area contributed by atoms with E-state index in [2.05, 4.69) is 9.97 Å². The smallest absolute Gasteiger partial charge is 0.137 e. The lowest BCUT2D eigenvalue weighted by molar-refractivity contribution is -0.116. The molecule has 0 aliphatic heterocycles. The maximum Gasteiger partial charge on any atom is 0.137 e. The number of aryl methyl sites for hydroxylation is 1. The third-order valence-corrected chi connectivity index (χ3v) is 2.40. The SMILES string of the molecule is CC(=O)Cc1nc(-c2ccccc2)c(C)[nH]1. The number of benzene rings is 1. The van der Waals surface area contributed by atoms with Crippen LogP contribution in [0.15, 0.2) is 30.3 Å². The molecule has 3 nitrogen and oxygen atoms in total. The Balaban J connectivity index is 2.36. The molecule has 0 amide bonds. The summed E-state index contributed by atoms with van der Waals surface area (Å²) in [4.78, 5) is 18.6. The number of hydrogen-bond acceptors (Lipinski definition) is 2. The van der Waals surface area contributed by atoms with Gasteiger partial charge >= 0.3 is 0 Å². The van der Waals surface area contributed by atoms with Crippen LogP contribution in [0.4, 0.5) is 0 Å². The zero-order valence-electron chi connectivity index (χ0n) is 9.45. The number of aromatic nitrogens is 2. The predicted molar refractivity (Wildman–Crippen MR) is 63.1 cm³/mol. The van der Waals surface area contributed by atoms with E-state index in [9.17, 15) is 4.79 Å². The van der Waals surface area contributed by atoms with Gasteiger partial charge in [-0.05, 0) is 13.8 Å². The Morgan fingerprint density at radius 3 is 2.62 bits per heavy atom. The molecule has 1 aromatic carbocycles. The van der Waals surface area contributed by atoms with Crippen molar-refractivity contribution in [2.75, 3.05) is 0 Å². The van der Waals surface area contributed by atoms with Gasteiger partial charge in [-0.2, -0.15) is 0 Å². The van der Waals surface area contributed by atoms with Gasteiger partial charge < -0.3 is 4.98 Å². The molecule has 0 saturated carbocycles.